The Morgan fingerprint density at radius 1 is 1.54 bits per heavy atom. The molecule has 1 rings (SSSR count). The van der Waals surface area contributed by atoms with Gasteiger partial charge in [-0.2, -0.15) is 0 Å². The molecule has 2 N–H and O–H groups in total. The first-order chi connectivity index (χ1) is 6.24. The van der Waals surface area contributed by atoms with Crippen LogP contribution >= 0.6 is 12.2 Å². The predicted molar refractivity (Wildman–Crippen MR) is 57.7 cm³/mol. The summed E-state index contributed by atoms with van der Waals surface area (Å²) in [6.07, 6.45) is 2.66. The van der Waals surface area contributed by atoms with Crippen molar-refractivity contribution in [2.45, 2.75) is 32.3 Å². The number of hydrogen-bond donors (Lipinski definition) is 2. The molecule has 0 atom stereocenters. The molecular weight excluding hydrogens is 184 g/mol. The van der Waals surface area contributed by atoms with Gasteiger partial charge in [0.05, 0.1) is 6.10 Å². The van der Waals surface area contributed by atoms with Gasteiger partial charge in [0, 0.05) is 19.6 Å². The van der Waals surface area contributed by atoms with E-state index in [2.05, 4.69) is 17.1 Å². The Morgan fingerprint density at radius 2 is 2.15 bits per heavy atom. The van der Waals surface area contributed by atoms with Crippen LogP contribution in [0.3, 0.4) is 0 Å². The molecule has 0 aromatic carbocycles. The zero-order valence-corrected chi connectivity index (χ0v) is 8.94. The van der Waals surface area contributed by atoms with E-state index in [1.54, 1.807) is 0 Å². The molecule has 0 aromatic heterocycles. The second kappa shape index (κ2) is 5.40. The van der Waals surface area contributed by atoms with Gasteiger partial charge in [0.1, 0.15) is 0 Å². The first kappa shape index (κ1) is 10.7. The molecule has 1 aliphatic rings. The minimum atomic E-state index is -0.120. The van der Waals surface area contributed by atoms with Gasteiger partial charge < -0.3 is 15.3 Å². The fourth-order valence-electron chi connectivity index (χ4n) is 1.41. The minimum absolute atomic E-state index is 0.120. The molecule has 0 radical (unpaired) electrons. The van der Waals surface area contributed by atoms with Crippen LogP contribution < -0.4 is 5.32 Å². The van der Waals surface area contributed by atoms with Crippen LogP contribution in [0.2, 0.25) is 0 Å². The molecule has 4 heteroatoms. The van der Waals surface area contributed by atoms with Crippen molar-refractivity contribution in [1.82, 2.24) is 10.2 Å². The molecule has 1 aliphatic heterocycles. The smallest absolute Gasteiger partial charge is 0.168 e. The van der Waals surface area contributed by atoms with Crippen molar-refractivity contribution in [3.63, 3.8) is 0 Å². The summed E-state index contributed by atoms with van der Waals surface area (Å²) in [5, 5.41) is 13.3. The summed E-state index contributed by atoms with van der Waals surface area (Å²) in [6, 6.07) is 0. The maximum atomic E-state index is 9.29. The maximum absolute atomic E-state index is 9.29. The highest BCUT2D eigenvalue weighted by atomic mass is 32.1. The summed E-state index contributed by atoms with van der Waals surface area (Å²) in [7, 11) is 0. The lowest BCUT2D eigenvalue weighted by Gasteiger charge is -2.31. The van der Waals surface area contributed by atoms with Crippen LogP contribution in [0, 0.1) is 0 Å². The number of hydrogen-bond acceptors (Lipinski definition) is 2. The second-order valence-corrected chi connectivity index (χ2v) is 3.84. The van der Waals surface area contributed by atoms with Crippen molar-refractivity contribution in [2.24, 2.45) is 0 Å². The molecule has 1 saturated heterocycles. The Balaban J connectivity index is 2.23. The summed E-state index contributed by atoms with van der Waals surface area (Å²) < 4.78 is 0. The average molecular weight is 202 g/mol. The second-order valence-electron chi connectivity index (χ2n) is 3.45. The first-order valence-electron chi connectivity index (χ1n) is 4.95. The van der Waals surface area contributed by atoms with E-state index in [-0.39, 0.29) is 6.10 Å². The number of nitrogens with zero attached hydrogens (tertiary/aromatic N) is 1. The number of aliphatic hydroxyl groups excluding tert-OH is 1. The summed E-state index contributed by atoms with van der Waals surface area (Å²) in [5.74, 6) is 0. The molecule has 0 aliphatic carbocycles. The molecule has 0 unspecified atom stereocenters. The van der Waals surface area contributed by atoms with Gasteiger partial charge in [-0.1, -0.05) is 6.92 Å². The molecule has 0 amide bonds. The highest BCUT2D eigenvalue weighted by Crippen LogP contribution is 2.09. The third-order valence-corrected chi connectivity index (χ3v) is 2.68. The van der Waals surface area contributed by atoms with E-state index in [1.807, 2.05) is 0 Å². The van der Waals surface area contributed by atoms with Gasteiger partial charge in [-0.3, -0.25) is 0 Å². The SMILES string of the molecule is CCCNC(=S)N1CCC(O)CC1. The van der Waals surface area contributed by atoms with Crippen molar-refractivity contribution in [3.8, 4) is 0 Å². The highest BCUT2D eigenvalue weighted by molar-refractivity contribution is 7.80. The average Bonchev–Trinajstić information content (AvgIpc) is 2.15. The normalized spacial score (nSPS) is 18.8. The molecule has 0 aromatic rings. The van der Waals surface area contributed by atoms with Gasteiger partial charge in [0.2, 0.25) is 0 Å². The monoisotopic (exact) mass is 202 g/mol. The van der Waals surface area contributed by atoms with E-state index >= 15 is 0 Å². The third-order valence-electron chi connectivity index (χ3n) is 2.28. The number of piperidine rings is 1. The first-order valence-corrected chi connectivity index (χ1v) is 5.35. The molecule has 76 valence electrons. The number of likely N-dealkylation sites (tertiary alicyclic amines) is 1. The van der Waals surface area contributed by atoms with Gasteiger partial charge in [-0.25, -0.2) is 0 Å². The van der Waals surface area contributed by atoms with Crippen molar-refractivity contribution in [2.75, 3.05) is 19.6 Å². The summed E-state index contributed by atoms with van der Waals surface area (Å²) in [6.45, 7) is 4.83. The van der Waals surface area contributed by atoms with Crippen LogP contribution in [0.15, 0.2) is 0 Å². The summed E-state index contributed by atoms with van der Waals surface area (Å²) >= 11 is 5.21. The fraction of sp³-hybridized carbons (Fsp3) is 0.889. The van der Waals surface area contributed by atoms with Gasteiger partial charge in [0.25, 0.3) is 0 Å². The van der Waals surface area contributed by atoms with Crippen LogP contribution in [-0.4, -0.2) is 40.9 Å². The van der Waals surface area contributed by atoms with Crippen LogP contribution in [0.4, 0.5) is 0 Å². The van der Waals surface area contributed by atoms with E-state index in [0.717, 1.165) is 44.0 Å². The van der Waals surface area contributed by atoms with Crippen molar-refractivity contribution < 1.29 is 5.11 Å². The van der Waals surface area contributed by atoms with Gasteiger partial charge >= 0.3 is 0 Å². The number of thiocarbonyl (C=S) groups is 1. The Morgan fingerprint density at radius 3 is 2.69 bits per heavy atom. The molecule has 0 bridgehead atoms. The quantitative estimate of drug-likeness (QED) is 0.647. The third kappa shape index (κ3) is 3.48. The maximum Gasteiger partial charge on any atom is 0.168 e. The largest absolute Gasteiger partial charge is 0.393 e. The Hall–Kier alpha value is -0.350. The summed E-state index contributed by atoms with van der Waals surface area (Å²) in [5.41, 5.74) is 0. The standard InChI is InChI=1S/C9H18N2OS/c1-2-5-10-9(13)11-6-3-8(12)4-7-11/h8,12H,2-7H2,1H3,(H,10,13). The van der Waals surface area contributed by atoms with E-state index in [4.69, 9.17) is 12.2 Å². The van der Waals surface area contributed by atoms with Gasteiger partial charge in [0.15, 0.2) is 5.11 Å². The molecular formula is C9H18N2OS. The van der Waals surface area contributed by atoms with Crippen LogP contribution in [0.5, 0.6) is 0 Å². The lowest BCUT2D eigenvalue weighted by molar-refractivity contribution is 0.109. The Kier molecular flexibility index (Phi) is 4.45. The van der Waals surface area contributed by atoms with Crippen molar-refractivity contribution in [1.29, 1.82) is 0 Å². The van der Waals surface area contributed by atoms with Crippen LogP contribution in [-0.2, 0) is 0 Å². The number of rotatable bonds is 2. The molecule has 1 heterocycles. The Bertz CT molecular complexity index is 167. The molecule has 13 heavy (non-hydrogen) atoms. The van der Waals surface area contributed by atoms with E-state index in [1.165, 1.54) is 0 Å². The summed E-state index contributed by atoms with van der Waals surface area (Å²) in [4.78, 5) is 2.14. The highest BCUT2D eigenvalue weighted by Gasteiger charge is 2.18. The van der Waals surface area contributed by atoms with E-state index < -0.39 is 0 Å². The lowest BCUT2D eigenvalue weighted by Crippen LogP contribution is -2.45. The molecule has 0 saturated carbocycles. The topological polar surface area (TPSA) is 35.5 Å². The van der Waals surface area contributed by atoms with E-state index in [0.29, 0.717) is 0 Å². The van der Waals surface area contributed by atoms with Gasteiger partial charge in [-0.05, 0) is 31.5 Å². The zero-order valence-electron chi connectivity index (χ0n) is 8.12. The predicted octanol–water partition coefficient (Wildman–Crippen LogP) is 0.728. The van der Waals surface area contributed by atoms with Crippen molar-refractivity contribution >= 4 is 17.3 Å². The Labute approximate surface area is 85.1 Å². The number of nitrogens with one attached hydrogen (secondary N) is 1. The van der Waals surface area contributed by atoms with Crippen molar-refractivity contribution in [3.05, 3.63) is 0 Å². The minimum Gasteiger partial charge on any atom is -0.393 e. The van der Waals surface area contributed by atoms with E-state index in [9.17, 15) is 5.11 Å². The molecule has 3 nitrogen and oxygen atoms in total. The van der Waals surface area contributed by atoms with Gasteiger partial charge in [-0.15, -0.1) is 0 Å². The molecule has 0 spiro atoms. The number of aliphatic hydroxyl groups is 1. The molecule has 1 fully saturated rings. The van der Waals surface area contributed by atoms with Crippen LogP contribution in [0.25, 0.3) is 0 Å². The fourth-order valence-corrected chi connectivity index (χ4v) is 1.70. The lowest BCUT2D eigenvalue weighted by atomic mass is 10.1. The zero-order chi connectivity index (χ0) is 9.68. The van der Waals surface area contributed by atoms with Crippen LogP contribution in [0.1, 0.15) is 26.2 Å².